The number of likely N-dealkylation sites (N-methyl/N-ethyl adjacent to an activating group) is 2. The van der Waals surface area contributed by atoms with Crippen molar-refractivity contribution < 1.29 is 18.9 Å². The fourth-order valence-corrected chi connectivity index (χ4v) is 4.81. The number of unbranched alkanes of at least 4 members (excludes halogenated alkanes) is 1. The first-order valence-electron chi connectivity index (χ1n) is 12.6. The molecule has 2 aliphatic rings. The maximum Gasteiger partial charge on any atom is 0.0700 e. The Morgan fingerprint density at radius 2 is 1.09 bits per heavy atom. The molecule has 0 aromatic rings. The average Bonchev–Trinajstić information content (AvgIpc) is 2.79. The van der Waals surface area contributed by atoms with Crippen LogP contribution in [0.1, 0.15) is 25.7 Å². The zero-order valence-corrected chi connectivity index (χ0v) is 21.3. The van der Waals surface area contributed by atoms with Crippen molar-refractivity contribution in [3.63, 3.8) is 0 Å². The Morgan fingerprint density at radius 1 is 0.562 bits per heavy atom. The molecule has 32 heavy (non-hydrogen) atoms. The van der Waals surface area contributed by atoms with Gasteiger partial charge in [-0.3, -0.25) is 9.80 Å². The fourth-order valence-electron chi connectivity index (χ4n) is 4.81. The molecule has 0 radical (unpaired) electrons. The van der Waals surface area contributed by atoms with Crippen LogP contribution in [0, 0.1) is 0 Å². The molecular weight excluding hydrogens is 408 g/mol. The highest BCUT2D eigenvalue weighted by Gasteiger charge is 2.37. The molecule has 0 aromatic heterocycles. The van der Waals surface area contributed by atoms with Crippen LogP contribution >= 0.6 is 0 Å². The minimum Gasteiger partial charge on any atom is -0.385 e. The lowest BCUT2D eigenvalue weighted by molar-refractivity contribution is -0.0158. The first-order chi connectivity index (χ1) is 15.7. The van der Waals surface area contributed by atoms with Gasteiger partial charge in [-0.05, 0) is 46.3 Å². The van der Waals surface area contributed by atoms with Crippen molar-refractivity contribution >= 4 is 0 Å². The molecule has 190 valence electrons. The van der Waals surface area contributed by atoms with Crippen LogP contribution in [0.2, 0.25) is 0 Å². The van der Waals surface area contributed by atoms with E-state index in [-0.39, 0.29) is 0 Å². The summed E-state index contributed by atoms with van der Waals surface area (Å²) in [5.74, 6) is 0. The van der Waals surface area contributed by atoms with Crippen molar-refractivity contribution in [1.29, 1.82) is 0 Å². The molecule has 0 aliphatic carbocycles. The topological polar surface area (TPSA) is 49.9 Å². The second-order valence-electron chi connectivity index (χ2n) is 9.36. The number of hydrogen-bond acceptors (Lipinski definition) is 8. The van der Waals surface area contributed by atoms with Gasteiger partial charge >= 0.3 is 0 Å². The van der Waals surface area contributed by atoms with Gasteiger partial charge in [0.1, 0.15) is 0 Å². The summed E-state index contributed by atoms with van der Waals surface area (Å²) in [4.78, 5) is 10.5. The molecule has 2 aliphatic heterocycles. The van der Waals surface area contributed by atoms with Crippen LogP contribution in [0.5, 0.6) is 0 Å². The number of hydrogen-bond donors (Lipinski definition) is 0. The molecular formula is C24H50N4O4. The monoisotopic (exact) mass is 458 g/mol. The molecule has 8 heteroatoms. The van der Waals surface area contributed by atoms with Gasteiger partial charge in [0.05, 0.1) is 13.2 Å². The summed E-state index contributed by atoms with van der Waals surface area (Å²) in [5, 5.41) is 0. The van der Waals surface area contributed by atoms with Gasteiger partial charge in [-0.1, -0.05) is 0 Å². The van der Waals surface area contributed by atoms with Gasteiger partial charge in [-0.2, -0.15) is 0 Å². The Hall–Kier alpha value is -0.320. The predicted molar refractivity (Wildman–Crippen MR) is 130 cm³/mol. The van der Waals surface area contributed by atoms with Gasteiger partial charge in [0.25, 0.3) is 0 Å². The Kier molecular flexibility index (Phi) is 15.0. The third-order valence-corrected chi connectivity index (χ3v) is 6.70. The first-order valence-corrected chi connectivity index (χ1v) is 12.6. The minimum absolute atomic E-state index is 0.586. The Morgan fingerprint density at radius 3 is 1.72 bits per heavy atom. The molecule has 0 saturated carbocycles. The van der Waals surface area contributed by atoms with Crippen LogP contribution in [0.15, 0.2) is 0 Å². The third kappa shape index (κ3) is 10.7. The first kappa shape index (κ1) is 27.9. The lowest BCUT2D eigenvalue weighted by Gasteiger charge is -2.50. The van der Waals surface area contributed by atoms with Crippen LogP contribution in [0.4, 0.5) is 0 Å². The van der Waals surface area contributed by atoms with E-state index in [9.17, 15) is 0 Å². The maximum absolute atomic E-state index is 5.81. The maximum atomic E-state index is 5.81. The molecule has 2 rings (SSSR count). The molecule has 2 fully saturated rings. The second kappa shape index (κ2) is 17.2. The van der Waals surface area contributed by atoms with Crippen molar-refractivity contribution in [3.05, 3.63) is 0 Å². The van der Waals surface area contributed by atoms with Crippen LogP contribution in [-0.4, -0.2) is 152 Å². The van der Waals surface area contributed by atoms with Crippen molar-refractivity contribution in [3.8, 4) is 0 Å². The SMILES string of the molecule is COCCCOCCCN1CCN(C)CC1C1CN(C)CCN1CCCCOCCOC. The summed E-state index contributed by atoms with van der Waals surface area (Å²) < 4.78 is 21.6. The summed E-state index contributed by atoms with van der Waals surface area (Å²) >= 11 is 0. The molecule has 0 N–H and O–H groups in total. The highest BCUT2D eigenvalue weighted by atomic mass is 16.5. The summed E-state index contributed by atoms with van der Waals surface area (Å²) in [5.41, 5.74) is 0. The van der Waals surface area contributed by atoms with Crippen molar-refractivity contribution in [2.24, 2.45) is 0 Å². The van der Waals surface area contributed by atoms with Gasteiger partial charge in [-0.15, -0.1) is 0 Å². The highest BCUT2D eigenvalue weighted by Crippen LogP contribution is 2.21. The van der Waals surface area contributed by atoms with E-state index in [1.807, 2.05) is 0 Å². The van der Waals surface area contributed by atoms with Crippen molar-refractivity contribution in [2.45, 2.75) is 37.8 Å². The molecule has 8 nitrogen and oxygen atoms in total. The predicted octanol–water partition coefficient (Wildman–Crippen LogP) is 1.10. The van der Waals surface area contributed by atoms with E-state index in [2.05, 4.69) is 33.7 Å². The molecule has 2 saturated heterocycles. The van der Waals surface area contributed by atoms with E-state index in [1.165, 1.54) is 26.1 Å². The lowest BCUT2D eigenvalue weighted by Crippen LogP contribution is -2.66. The van der Waals surface area contributed by atoms with E-state index in [0.29, 0.717) is 25.3 Å². The van der Waals surface area contributed by atoms with E-state index in [0.717, 1.165) is 78.4 Å². The lowest BCUT2D eigenvalue weighted by atomic mass is 9.98. The standard InChI is InChI=1S/C24H50N4O4/c1-25-11-13-27(9-5-6-16-32-20-19-30-4)23(21-25)24-22-26(2)12-14-28(24)10-7-17-31-18-8-15-29-3/h23-24H,5-22H2,1-4H3. The second-order valence-corrected chi connectivity index (χ2v) is 9.36. The molecule has 0 spiro atoms. The quantitative estimate of drug-likeness (QED) is 0.301. The van der Waals surface area contributed by atoms with Gasteiger partial charge in [0.15, 0.2) is 0 Å². The zero-order valence-electron chi connectivity index (χ0n) is 21.3. The number of methoxy groups -OCH3 is 2. The summed E-state index contributed by atoms with van der Waals surface area (Å²) in [7, 11) is 8.02. The molecule has 2 heterocycles. The highest BCUT2D eigenvalue weighted by molar-refractivity contribution is 4.95. The summed E-state index contributed by atoms with van der Waals surface area (Å²) in [6.07, 6.45) is 4.41. The van der Waals surface area contributed by atoms with Gasteiger partial charge in [0, 0.05) is 98.5 Å². The van der Waals surface area contributed by atoms with E-state index >= 15 is 0 Å². The van der Waals surface area contributed by atoms with Gasteiger partial charge < -0.3 is 28.7 Å². The van der Waals surface area contributed by atoms with Crippen LogP contribution in [-0.2, 0) is 18.9 Å². The minimum atomic E-state index is 0.586. The van der Waals surface area contributed by atoms with Crippen molar-refractivity contribution in [1.82, 2.24) is 19.6 Å². The third-order valence-electron chi connectivity index (χ3n) is 6.70. The normalized spacial score (nSPS) is 24.4. The van der Waals surface area contributed by atoms with Crippen LogP contribution in [0.25, 0.3) is 0 Å². The molecule has 0 amide bonds. The molecule has 0 aromatic carbocycles. The number of ether oxygens (including phenoxy) is 4. The summed E-state index contributed by atoms with van der Waals surface area (Å²) in [6, 6.07) is 1.18. The smallest absolute Gasteiger partial charge is 0.0700 e. The van der Waals surface area contributed by atoms with Crippen LogP contribution in [0.3, 0.4) is 0 Å². The molecule has 2 atom stereocenters. The fraction of sp³-hybridized carbons (Fsp3) is 1.00. The summed E-state index contributed by atoms with van der Waals surface area (Å²) in [6.45, 7) is 13.9. The van der Waals surface area contributed by atoms with Gasteiger partial charge in [0.2, 0.25) is 0 Å². The number of rotatable bonds is 17. The largest absolute Gasteiger partial charge is 0.385 e. The Labute approximate surface area is 197 Å². The number of nitrogens with zero attached hydrogens (tertiary/aromatic N) is 4. The molecule has 2 unspecified atom stereocenters. The van der Waals surface area contributed by atoms with E-state index < -0.39 is 0 Å². The number of piperazine rings is 2. The van der Waals surface area contributed by atoms with Crippen LogP contribution < -0.4 is 0 Å². The van der Waals surface area contributed by atoms with Crippen molar-refractivity contribution in [2.75, 3.05) is 120 Å². The molecule has 0 bridgehead atoms. The van der Waals surface area contributed by atoms with E-state index in [1.54, 1.807) is 14.2 Å². The average molecular weight is 459 g/mol. The Bertz CT molecular complexity index is 420. The zero-order chi connectivity index (χ0) is 23.0. The van der Waals surface area contributed by atoms with E-state index in [4.69, 9.17) is 18.9 Å². The van der Waals surface area contributed by atoms with Gasteiger partial charge in [-0.25, -0.2) is 0 Å². The Balaban J connectivity index is 1.81.